The van der Waals surface area contributed by atoms with Crippen molar-refractivity contribution in [1.29, 1.82) is 0 Å². The van der Waals surface area contributed by atoms with Crippen molar-refractivity contribution in [2.75, 3.05) is 13.2 Å². The van der Waals surface area contributed by atoms with Gasteiger partial charge in [0.2, 0.25) is 0 Å². The summed E-state index contributed by atoms with van der Waals surface area (Å²) in [6.07, 6.45) is 0. The van der Waals surface area contributed by atoms with Crippen LogP contribution in [0.15, 0.2) is 13.5 Å². The number of nitrogens with two attached hydrogens (primary N) is 1. The molecule has 0 saturated heterocycles. The molecule has 2 unspecified atom stereocenters. The van der Waals surface area contributed by atoms with Crippen LogP contribution >= 0.6 is 33.7 Å². The third-order valence-corrected chi connectivity index (χ3v) is 5.09. The molecular weight excluding hydrogens is 279 g/mol. The highest BCUT2D eigenvalue weighted by Gasteiger charge is 2.16. The molecule has 0 radical (unpaired) electrons. The summed E-state index contributed by atoms with van der Waals surface area (Å²) >= 11 is 0. The molecule has 2 atom stereocenters. The number of hydrogen-bond donors (Lipinski definition) is 1. The van der Waals surface area contributed by atoms with Crippen LogP contribution in [0.5, 0.6) is 0 Å². The molecule has 0 amide bonds. The van der Waals surface area contributed by atoms with E-state index in [4.69, 9.17) is 14.6 Å². The Labute approximate surface area is 93.6 Å². The van der Waals surface area contributed by atoms with Gasteiger partial charge < -0.3 is 9.05 Å². The molecule has 0 aromatic rings. The summed E-state index contributed by atoms with van der Waals surface area (Å²) in [5, 5.41) is 0. The Balaban J connectivity index is 4.34. The van der Waals surface area contributed by atoms with E-state index in [9.17, 15) is 4.20 Å². The van der Waals surface area contributed by atoms with Crippen molar-refractivity contribution in [2.24, 2.45) is 19.1 Å². The standard InChI is InChI=1S/C4H13FN4O2P4/c1-3-10-14-7-13-9-15(5,8-12-6)11-4-2/h14H,3-4H2,1-2H3,(H2,6,8). The molecule has 0 aliphatic carbocycles. The number of hydrogen-bond acceptors (Lipinski definition) is 3. The normalized spacial score (nSPS) is 16.8. The lowest BCUT2D eigenvalue weighted by molar-refractivity contribution is 0.349. The number of halogens is 1. The zero-order valence-electron chi connectivity index (χ0n) is 8.37. The highest BCUT2D eigenvalue weighted by molar-refractivity contribution is 7.62. The molecule has 0 aromatic carbocycles. The molecule has 2 N–H and O–H groups in total. The van der Waals surface area contributed by atoms with Gasteiger partial charge in [-0.2, -0.15) is 13.2 Å². The Hall–Kier alpha value is 0.670. The summed E-state index contributed by atoms with van der Waals surface area (Å²) in [6.45, 7) is 4.30. The summed E-state index contributed by atoms with van der Waals surface area (Å²) in [7, 11) is -3.29. The van der Waals surface area contributed by atoms with Crippen LogP contribution in [0.3, 0.4) is 0 Å². The minimum absolute atomic E-state index is 0.0384. The first kappa shape index (κ1) is 15.7. The second kappa shape index (κ2) is 9.86. The molecule has 88 valence electrons. The molecule has 11 heteroatoms. The van der Waals surface area contributed by atoms with Crippen LogP contribution in [0.25, 0.3) is 0 Å². The molecule has 0 saturated carbocycles. The molecule has 0 rings (SSSR count). The summed E-state index contributed by atoms with van der Waals surface area (Å²) in [5.41, 5.74) is 5.09. The van der Waals surface area contributed by atoms with Crippen LogP contribution in [0.4, 0.5) is 4.20 Å². The van der Waals surface area contributed by atoms with E-state index < -0.39 is 7.74 Å². The largest absolute Gasteiger partial charge is 0.389 e. The SMILES string of the molecule is CCOP/N=P\N=P(F)(/N=P\N)OCC. The Bertz CT molecular complexity index is 273. The van der Waals surface area contributed by atoms with E-state index in [1.54, 1.807) is 6.92 Å². The van der Waals surface area contributed by atoms with Crippen LogP contribution < -0.4 is 5.50 Å². The zero-order chi connectivity index (χ0) is 11.6. The fourth-order valence-electron chi connectivity index (χ4n) is 0.478. The van der Waals surface area contributed by atoms with Crippen molar-refractivity contribution in [2.45, 2.75) is 13.8 Å². The van der Waals surface area contributed by atoms with E-state index in [1.807, 2.05) is 6.92 Å². The van der Waals surface area contributed by atoms with Gasteiger partial charge >= 0.3 is 7.74 Å². The maximum absolute atomic E-state index is 13.7. The maximum Gasteiger partial charge on any atom is 0.389 e. The fourth-order valence-corrected chi connectivity index (χ4v) is 3.62. The molecule has 15 heavy (non-hydrogen) atoms. The Morgan fingerprint density at radius 3 is 2.73 bits per heavy atom. The first-order valence-electron chi connectivity index (χ1n) is 4.03. The van der Waals surface area contributed by atoms with Crippen molar-refractivity contribution in [1.82, 2.24) is 0 Å². The van der Waals surface area contributed by atoms with Gasteiger partial charge in [0.15, 0.2) is 8.52 Å². The van der Waals surface area contributed by atoms with Gasteiger partial charge in [-0.25, -0.2) is 0 Å². The van der Waals surface area contributed by atoms with Gasteiger partial charge in [0, 0.05) is 6.61 Å². The topological polar surface area (TPSA) is 81.6 Å². The minimum Gasteiger partial charge on any atom is -0.340 e. The lowest BCUT2D eigenvalue weighted by Crippen LogP contribution is -1.79. The van der Waals surface area contributed by atoms with E-state index in [2.05, 4.69) is 13.5 Å². The van der Waals surface area contributed by atoms with Gasteiger partial charge in [-0.3, -0.25) is 5.50 Å². The predicted molar refractivity (Wildman–Crippen MR) is 64.9 cm³/mol. The van der Waals surface area contributed by atoms with Gasteiger partial charge in [0.1, 0.15) is 8.96 Å². The Morgan fingerprint density at radius 1 is 1.47 bits per heavy atom. The molecular formula is C4H13FN4O2P4. The van der Waals surface area contributed by atoms with Crippen LogP contribution in [-0.2, 0) is 9.05 Å². The minimum atomic E-state index is -3.56. The summed E-state index contributed by atoms with van der Waals surface area (Å²) in [5.74, 6) is 0. The lowest BCUT2D eigenvalue weighted by atomic mass is 10.9. The van der Waals surface area contributed by atoms with Gasteiger partial charge in [-0.15, -0.1) is 4.52 Å². The third-order valence-electron chi connectivity index (χ3n) is 0.900. The van der Waals surface area contributed by atoms with Crippen LogP contribution in [0.2, 0.25) is 0 Å². The average molecular weight is 292 g/mol. The summed E-state index contributed by atoms with van der Waals surface area (Å²) in [6, 6.07) is 0. The fraction of sp³-hybridized carbons (Fsp3) is 1.00. The van der Waals surface area contributed by atoms with E-state index >= 15 is 0 Å². The van der Waals surface area contributed by atoms with Crippen molar-refractivity contribution >= 4 is 33.7 Å². The molecule has 0 aliphatic heterocycles. The lowest BCUT2D eigenvalue weighted by Gasteiger charge is -2.05. The number of rotatable bonds is 7. The van der Waals surface area contributed by atoms with Crippen molar-refractivity contribution < 1.29 is 13.2 Å². The van der Waals surface area contributed by atoms with Gasteiger partial charge in [-0.05, 0) is 13.8 Å². The molecule has 0 aliphatic rings. The zero-order valence-corrected chi connectivity index (χ0v) is 12.1. The average Bonchev–Trinajstić information content (AvgIpc) is 2.18. The van der Waals surface area contributed by atoms with Crippen LogP contribution in [0, 0.1) is 0 Å². The van der Waals surface area contributed by atoms with Crippen molar-refractivity contribution in [3.63, 3.8) is 0 Å². The Kier molecular flexibility index (Phi) is 10.3. The smallest absolute Gasteiger partial charge is 0.340 e. The number of nitrogens with zero attached hydrogens (tertiary/aromatic N) is 3. The van der Waals surface area contributed by atoms with E-state index in [-0.39, 0.29) is 32.6 Å². The first-order valence-corrected chi connectivity index (χ1v) is 8.10. The second-order valence-corrected chi connectivity index (χ2v) is 6.22. The van der Waals surface area contributed by atoms with E-state index in [0.717, 1.165) is 0 Å². The molecule has 0 heterocycles. The Morgan fingerprint density at radius 2 is 2.20 bits per heavy atom. The van der Waals surface area contributed by atoms with Gasteiger partial charge in [0.25, 0.3) is 0 Å². The molecule has 0 spiro atoms. The quantitative estimate of drug-likeness (QED) is 0.552. The predicted octanol–water partition coefficient (Wildman–Crippen LogP) is 4.53. The second-order valence-electron chi connectivity index (χ2n) is 1.90. The van der Waals surface area contributed by atoms with Crippen molar-refractivity contribution in [3.8, 4) is 0 Å². The first-order chi connectivity index (χ1) is 7.18. The highest BCUT2D eigenvalue weighted by Crippen LogP contribution is 2.57. The monoisotopic (exact) mass is 292 g/mol. The van der Waals surface area contributed by atoms with Gasteiger partial charge in [-0.1, -0.05) is 0 Å². The van der Waals surface area contributed by atoms with Gasteiger partial charge in [0.05, 0.1) is 15.1 Å². The molecule has 0 fully saturated rings. The maximum atomic E-state index is 13.7. The third kappa shape index (κ3) is 8.47. The summed E-state index contributed by atoms with van der Waals surface area (Å²) < 4.78 is 34.3. The van der Waals surface area contributed by atoms with E-state index in [0.29, 0.717) is 6.61 Å². The molecule has 0 aromatic heterocycles. The van der Waals surface area contributed by atoms with Crippen molar-refractivity contribution in [3.05, 3.63) is 0 Å². The van der Waals surface area contributed by atoms with Crippen LogP contribution in [0.1, 0.15) is 13.8 Å². The van der Waals surface area contributed by atoms with Crippen LogP contribution in [-0.4, -0.2) is 13.2 Å². The molecule has 6 nitrogen and oxygen atoms in total. The van der Waals surface area contributed by atoms with E-state index in [1.165, 1.54) is 0 Å². The summed E-state index contributed by atoms with van der Waals surface area (Å²) in [4.78, 5) is 0. The molecule has 0 bridgehead atoms. The highest BCUT2D eigenvalue weighted by atomic mass is 31.2.